The van der Waals surface area contributed by atoms with Crippen LogP contribution in [0, 0.1) is 11.3 Å². The van der Waals surface area contributed by atoms with E-state index in [1.807, 2.05) is 6.92 Å². The number of carbonyl (C=O) groups excluding carboxylic acids is 4. The first-order valence-electron chi connectivity index (χ1n) is 12.0. The summed E-state index contributed by atoms with van der Waals surface area (Å²) in [5.74, 6) is -0.821. The second kappa shape index (κ2) is 19.5. The summed E-state index contributed by atoms with van der Waals surface area (Å²) in [5, 5.41) is 2.72. The largest absolute Gasteiger partial charge is 0.462 e. The minimum Gasteiger partial charge on any atom is -0.462 e. The zero-order chi connectivity index (χ0) is 27.4. The molecule has 9 nitrogen and oxygen atoms in total. The quantitative estimate of drug-likeness (QED) is 0.149. The van der Waals surface area contributed by atoms with Gasteiger partial charge in [-0.05, 0) is 38.0 Å². The van der Waals surface area contributed by atoms with Crippen molar-refractivity contribution in [1.82, 2.24) is 5.32 Å². The summed E-state index contributed by atoms with van der Waals surface area (Å²) in [6, 6.07) is 0. The van der Waals surface area contributed by atoms with E-state index in [9.17, 15) is 19.2 Å². The van der Waals surface area contributed by atoms with Gasteiger partial charge in [-0.25, -0.2) is 14.4 Å². The maximum absolute atomic E-state index is 11.5. The van der Waals surface area contributed by atoms with Crippen molar-refractivity contribution < 1.29 is 38.1 Å². The van der Waals surface area contributed by atoms with E-state index in [0.29, 0.717) is 30.0 Å². The highest BCUT2D eigenvalue weighted by Crippen LogP contribution is 2.28. The van der Waals surface area contributed by atoms with E-state index in [1.165, 1.54) is 0 Å². The van der Waals surface area contributed by atoms with Gasteiger partial charge in [0.1, 0.15) is 26.4 Å². The molecular weight excluding hydrogens is 454 g/mol. The van der Waals surface area contributed by atoms with Gasteiger partial charge in [-0.15, -0.1) is 0 Å². The predicted octanol–water partition coefficient (Wildman–Crippen LogP) is 4.74. The Balaban J connectivity index is 0. The molecule has 0 bridgehead atoms. The molecule has 35 heavy (non-hydrogen) atoms. The van der Waals surface area contributed by atoms with Gasteiger partial charge in [-0.1, -0.05) is 54.2 Å². The van der Waals surface area contributed by atoms with E-state index in [4.69, 9.17) is 18.9 Å². The molecule has 0 aromatic rings. The highest BCUT2D eigenvalue weighted by Gasteiger charge is 2.19. The standard InChI is InChI=1S/C16H29NO4.C10H16O4/c1-7-16(5,6)10-13(4)11-17-15(19)21-9-8-20-14(18)12(2)3;1-4-5-9(11)13-6-7-14-10(12)8(2)3/h13H,2,7-11H2,1,3-6H3,(H,17,19);2,4-7H2,1,3H3. The summed E-state index contributed by atoms with van der Waals surface area (Å²) in [5.41, 5.74) is 0.943. The number of alkyl carbamates (subject to hydrolysis) is 1. The van der Waals surface area contributed by atoms with Crippen molar-refractivity contribution >= 4 is 24.0 Å². The first-order valence-corrected chi connectivity index (χ1v) is 12.0. The Labute approximate surface area is 210 Å². The van der Waals surface area contributed by atoms with Crippen molar-refractivity contribution in [2.75, 3.05) is 33.0 Å². The number of rotatable bonds is 15. The van der Waals surface area contributed by atoms with Crippen molar-refractivity contribution in [1.29, 1.82) is 0 Å². The molecular formula is C26H45NO8. The first kappa shape index (κ1) is 34.3. The zero-order valence-electron chi connectivity index (χ0n) is 22.6. The highest BCUT2D eigenvalue weighted by atomic mass is 16.6. The van der Waals surface area contributed by atoms with Crippen molar-refractivity contribution in [3.8, 4) is 0 Å². The fraction of sp³-hybridized carbons (Fsp3) is 0.692. The van der Waals surface area contributed by atoms with Crippen LogP contribution in [0.3, 0.4) is 0 Å². The van der Waals surface area contributed by atoms with Crippen LogP contribution in [0.1, 0.15) is 74.1 Å². The predicted molar refractivity (Wildman–Crippen MR) is 135 cm³/mol. The van der Waals surface area contributed by atoms with E-state index in [1.54, 1.807) is 13.8 Å². The van der Waals surface area contributed by atoms with Crippen LogP contribution in [0.25, 0.3) is 0 Å². The van der Waals surface area contributed by atoms with Crippen LogP contribution in [0.15, 0.2) is 24.3 Å². The van der Waals surface area contributed by atoms with E-state index >= 15 is 0 Å². The van der Waals surface area contributed by atoms with Gasteiger partial charge in [0.05, 0.1) is 0 Å². The van der Waals surface area contributed by atoms with Gasteiger partial charge in [0.25, 0.3) is 0 Å². The van der Waals surface area contributed by atoms with Crippen molar-refractivity contribution in [2.45, 2.75) is 74.1 Å². The lowest BCUT2D eigenvalue weighted by atomic mass is 9.81. The SMILES string of the molecule is C=C(C)C(=O)OCCOC(=O)CCC.C=C(C)C(=O)OCCOC(=O)NCC(C)CC(C)(C)CC. The number of esters is 3. The Kier molecular flexibility index (Phi) is 19.1. The third kappa shape index (κ3) is 21.4. The molecule has 0 rings (SSSR count). The number of ether oxygens (including phenoxy) is 4. The molecule has 0 aromatic heterocycles. The van der Waals surface area contributed by atoms with Crippen LogP contribution < -0.4 is 5.32 Å². The molecule has 0 aromatic carbocycles. The van der Waals surface area contributed by atoms with Crippen LogP contribution in [0.2, 0.25) is 0 Å². The Bertz CT molecular complexity index is 699. The van der Waals surface area contributed by atoms with Crippen LogP contribution in [0.5, 0.6) is 0 Å². The van der Waals surface area contributed by atoms with Crippen molar-refractivity contribution in [2.24, 2.45) is 11.3 Å². The molecule has 0 spiro atoms. The van der Waals surface area contributed by atoms with Gasteiger partial charge in [0, 0.05) is 24.1 Å². The molecule has 1 N–H and O–H groups in total. The fourth-order valence-electron chi connectivity index (χ4n) is 2.55. The van der Waals surface area contributed by atoms with Crippen LogP contribution in [0.4, 0.5) is 4.79 Å². The van der Waals surface area contributed by atoms with E-state index in [2.05, 4.69) is 46.2 Å². The molecule has 1 unspecified atom stereocenters. The first-order chi connectivity index (χ1) is 16.3. The Morgan fingerprint density at radius 3 is 1.71 bits per heavy atom. The average Bonchev–Trinajstić information content (AvgIpc) is 2.78. The maximum Gasteiger partial charge on any atom is 0.407 e. The lowest BCUT2D eigenvalue weighted by Crippen LogP contribution is -2.31. The van der Waals surface area contributed by atoms with Gasteiger partial charge >= 0.3 is 24.0 Å². The number of amides is 1. The molecule has 0 aliphatic carbocycles. The van der Waals surface area contributed by atoms with Crippen molar-refractivity contribution in [3.63, 3.8) is 0 Å². The lowest BCUT2D eigenvalue weighted by molar-refractivity contribution is -0.150. The van der Waals surface area contributed by atoms with Gasteiger partial charge in [0.2, 0.25) is 0 Å². The molecule has 1 amide bonds. The summed E-state index contributed by atoms with van der Waals surface area (Å²) in [6.07, 6.45) is 2.82. The summed E-state index contributed by atoms with van der Waals surface area (Å²) in [4.78, 5) is 44.2. The lowest BCUT2D eigenvalue weighted by Gasteiger charge is -2.26. The summed E-state index contributed by atoms with van der Waals surface area (Å²) in [6.45, 7) is 21.5. The fourth-order valence-corrected chi connectivity index (χ4v) is 2.55. The Morgan fingerprint density at radius 2 is 1.29 bits per heavy atom. The highest BCUT2D eigenvalue weighted by molar-refractivity contribution is 5.87. The van der Waals surface area contributed by atoms with Gasteiger partial charge < -0.3 is 24.3 Å². The summed E-state index contributed by atoms with van der Waals surface area (Å²) < 4.78 is 19.2. The second-order valence-electron chi connectivity index (χ2n) is 9.15. The third-order valence-corrected chi connectivity index (χ3v) is 4.73. The molecule has 0 aliphatic rings. The number of nitrogens with one attached hydrogen (secondary N) is 1. The molecule has 1 atom stereocenters. The van der Waals surface area contributed by atoms with Crippen LogP contribution in [-0.2, 0) is 33.3 Å². The summed E-state index contributed by atoms with van der Waals surface area (Å²) in [7, 11) is 0. The summed E-state index contributed by atoms with van der Waals surface area (Å²) >= 11 is 0. The second-order valence-corrected chi connectivity index (χ2v) is 9.15. The van der Waals surface area contributed by atoms with Gasteiger partial charge in [-0.2, -0.15) is 0 Å². The molecule has 0 radical (unpaired) electrons. The molecule has 0 saturated heterocycles. The van der Waals surface area contributed by atoms with Gasteiger partial charge in [-0.3, -0.25) is 4.79 Å². The van der Waals surface area contributed by atoms with E-state index in [-0.39, 0.29) is 37.8 Å². The zero-order valence-corrected chi connectivity index (χ0v) is 22.6. The number of hydrogen-bond acceptors (Lipinski definition) is 8. The maximum atomic E-state index is 11.5. The molecule has 0 saturated carbocycles. The Morgan fingerprint density at radius 1 is 0.829 bits per heavy atom. The minimum absolute atomic E-state index is 0.0392. The smallest absolute Gasteiger partial charge is 0.407 e. The molecule has 0 aliphatic heterocycles. The third-order valence-electron chi connectivity index (χ3n) is 4.73. The number of carbonyl (C=O) groups is 4. The molecule has 9 heteroatoms. The molecule has 0 heterocycles. The average molecular weight is 500 g/mol. The minimum atomic E-state index is -0.484. The normalized spacial score (nSPS) is 11.2. The van der Waals surface area contributed by atoms with Crippen LogP contribution in [-0.4, -0.2) is 57.0 Å². The van der Waals surface area contributed by atoms with E-state index < -0.39 is 18.0 Å². The molecule has 202 valence electrons. The van der Waals surface area contributed by atoms with Gasteiger partial charge in [0.15, 0.2) is 0 Å². The monoisotopic (exact) mass is 499 g/mol. The molecule has 0 fully saturated rings. The van der Waals surface area contributed by atoms with E-state index in [0.717, 1.165) is 19.3 Å². The number of hydrogen-bond donors (Lipinski definition) is 1. The van der Waals surface area contributed by atoms with Crippen molar-refractivity contribution in [3.05, 3.63) is 24.3 Å². The topological polar surface area (TPSA) is 117 Å². The van der Waals surface area contributed by atoms with Crippen LogP contribution >= 0.6 is 0 Å². The Hall–Kier alpha value is -2.84.